The second-order valence-electron chi connectivity index (χ2n) is 5.19. The number of carbonyl (C=O) groups excluding carboxylic acids is 1. The third-order valence-corrected chi connectivity index (χ3v) is 3.95. The topological polar surface area (TPSA) is 49.6 Å². The lowest BCUT2D eigenvalue weighted by atomic mass is 10.1. The van der Waals surface area contributed by atoms with Crippen LogP contribution >= 0.6 is 0 Å². The number of hydrogen-bond donors (Lipinski definition) is 1. The molecule has 2 aliphatic rings. The quantitative estimate of drug-likeness (QED) is 0.874. The summed E-state index contributed by atoms with van der Waals surface area (Å²) in [6.45, 7) is 3.74. The van der Waals surface area contributed by atoms with Crippen molar-refractivity contribution in [2.45, 2.75) is 31.8 Å². The van der Waals surface area contributed by atoms with Crippen molar-refractivity contribution in [2.24, 2.45) is 5.73 Å². The fourth-order valence-electron chi connectivity index (χ4n) is 2.73. The minimum Gasteiger partial charge on any atom is -0.368 e. The molecule has 0 spiro atoms. The number of carbonyl (C=O) groups is 1. The maximum atomic E-state index is 11.4. The van der Waals surface area contributed by atoms with E-state index in [1.807, 2.05) is 13.0 Å². The Morgan fingerprint density at radius 2 is 1.94 bits per heavy atom. The predicted octanol–water partition coefficient (Wildman–Crippen LogP) is 1.35. The van der Waals surface area contributed by atoms with E-state index in [-0.39, 0.29) is 11.9 Å². The van der Waals surface area contributed by atoms with E-state index in [4.69, 9.17) is 5.73 Å². The van der Waals surface area contributed by atoms with Crippen LogP contribution in [0.1, 0.15) is 19.8 Å². The summed E-state index contributed by atoms with van der Waals surface area (Å²) in [5.74, 6) is -0.260. The average molecular weight is 245 g/mol. The molecular formula is C14H19N3O. The van der Waals surface area contributed by atoms with Crippen LogP contribution in [0.4, 0.5) is 11.4 Å². The summed E-state index contributed by atoms with van der Waals surface area (Å²) in [5, 5.41) is 0. The highest BCUT2D eigenvalue weighted by Gasteiger charge is 2.35. The standard InChI is InChI=1S/C14H19N3O/c1-10(14(15)18)16-8-9-17(11-6-7-11)13-5-3-2-4-12(13)16/h2-5,10-11H,6-9H2,1H3,(H2,15,18)/t10-/m0/s1. The molecule has 4 nitrogen and oxygen atoms in total. The SMILES string of the molecule is C[C@@H](C(N)=O)N1CCN(C2CC2)c2ccccc21. The van der Waals surface area contributed by atoms with Gasteiger partial charge < -0.3 is 15.5 Å². The van der Waals surface area contributed by atoms with Gasteiger partial charge in [-0.05, 0) is 31.9 Å². The molecule has 1 amide bonds. The van der Waals surface area contributed by atoms with Gasteiger partial charge in [0.25, 0.3) is 0 Å². The average Bonchev–Trinajstić information content (AvgIpc) is 3.21. The molecule has 1 atom stereocenters. The third-order valence-electron chi connectivity index (χ3n) is 3.95. The number of amides is 1. The molecule has 3 rings (SSSR count). The Bertz CT molecular complexity index is 470. The number of para-hydroxylation sites is 2. The maximum absolute atomic E-state index is 11.4. The number of anilines is 2. The Morgan fingerprint density at radius 1 is 1.28 bits per heavy atom. The minimum absolute atomic E-state index is 0.243. The highest BCUT2D eigenvalue weighted by atomic mass is 16.1. The Morgan fingerprint density at radius 3 is 2.56 bits per heavy atom. The smallest absolute Gasteiger partial charge is 0.239 e. The number of nitrogens with zero attached hydrogens (tertiary/aromatic N) is 2. The van der Waals surface area contributed by atoms with Crippen molar-refractivity contribution in [1.29, 1.82) is 0 Å². The van der Waals surface area contributed by atoms with Crippen molar-refractivity contribution in [3.05, 3.63) is 24.3 Å². The molecule has 0 saturated heterocycles. The molecule has 1 heterocycles. The van der Waals surface area contributed by atoms with Crippen LogP contribution < -0.4 is 15.5 Å². The van der Waals surface area contributed by atoms with Gasteiger partial charge in [0.2, 0.25) is 5.91 Å². The van der Waals surface area contributed by atoms with Gasteiger partial charge in [0.1, 0.15) is 6.04 Å². The van der Waals surface area contributed by atoms with Gasteiger partial charge in [-0.25, -0.2) is 0 Å². The second kappa shape index (κ2) is 4.19. The molecule has 1 aromatic carbocycles. The van der Waals surface area contributed by atoms with Crippen LogP contribution in [0.5, 0.6) is 0 Å². The van der Waals surface area contributed by atoms with Crippen LogP contribution in [-0.4, -0.2) is 31.1 Å². The third kappa shape index (κ3) is 1.82. The Kier molecular flexibility index (Phi) is 2.65. The summed E-state index contributed by atoms with van der Waals surface area (Å²) < 4.78 is 0. The van der Waals surface area contributed by atoms with E-state index in [2.05, 4.69) is 28.0 Å². The molecule has 1 saturated carbocycles. The normalized spacial score (nSPS) is 20.5. The molecule has 96 valence electrons. The highest BCUT2D eigenvalue weighted by molar-refractivity contribution is 5.86. The lowest BCUT2D eigenvalue weighted by Crippen LogP contribution is -2.50. The van der Waals surface area contributed by atoms with Crippen LogP contribution in [0, 0.1) is 0 Å². The Hall–Kier alpha value is -1.71. The van der Waals surface area contributed by atoms with E-state index in [9.17, 15) is 4.79 Å². The lowest BCUT2D eigenvalue weighted by Gasteiger charge is -2.41. The molecule has 4 heteroatoms. The lowest BCUT2D eigenvalue weighted by molar-refractivity contribution is -0.118. The Balaban J connectivity index is 1.96. The first kappa shape index (κ1) is 11.4. The zero-order valence-electron chi connectivity index (χ0n) is 10.7. The number of rotatable bonds is 3. The van der Waals surface area contributed by atoms with E-state index in [0.717, 1.165) is 18.8 Å². The fourth-order valence-corrected chi connectivity index (χ4v) is 2.73. The maximum Gasteiger partial charge on any atom is 0.239 e. The van der Waals surface area contributed by atoms with Crippen molar-refractivity contribution < 1.29 is 4.79 Å². The molecule has 1 aromatic rings. The van der Waals surface area contributed by atoms with Crippen LogP contribution in [0.2, 0.25) is 0 Å². The molecule has 0 aromatic heterocycles. The molecular weight excluding hydrogens is 226 g/mol. The molecule has 0 radical (unpaired) electrons. The summed E-state index contributed by atoms with van der Waals surface area (Å²) in [4.78, 5) is 16.0. The van der Waals surface area contributed by atoms with E-state index in [0.29, 0.717) is 6.04 Å². The fraction of sp³-hybridized carbons (Fsp3) is 0.500. The van der Waals surface area contributed by atoms with Gasteiger partial charge in [-0.1, -0.05) is 12.1 Å². The molecule has 18 heavy (non-hydrogen) atoms. The van der Waals surface area contributed by atoms with Gasteiger partial charge in [-0.2, -0.15) is 0 Å². The van der Waals surface area contributed by atoms with E-state index in [1.54, 1.807) is 0 Å². The first-order valence-electron chi connectivity index (χ1n) is 6.60. The number of nitrogens with two attached hydrogens (primary N) is 1. The minimum atomic E-state index is -0.260. The van der Waals surface area contributed by atoms with Gasteiger partial charge in [0.15, 0.2) is 0 Å². The molecule has 1 fully saturated rings. The second-order valence-corrected chi connectivity index (χ2v) is 5.19. The first-order valence-corrected chi connectivity index (χ1v) is 6.60. The predicted molar refractivity (Wildman–Crippen MR) is 72.8 cm³/mol. The summed E-state index contributed by atoms with van der Waals surface area (Å²) >= 11 is 0. The van der Waals surface area contributed by atoms with Crippen LogP contribution in [-0.2, 0) is 4.79 Å². The van der Waals surface area contributed by atoms with Crippen LogP contribution in [0.25, 0.3) is 0 Å². The summed E-state index contributed by atoms with van der Waals surface area (Å²) in [6, 6.07) is 8.78. The first-order chi connectivity index (χ1) is 8.68. The van der Waals surface area contributed by atoms with Crippen molar-refractivity contribution in [2.75, 3.05) is 22.9 Å². The van der Waals surface area contributed by atoms with Crippen molar-refractivity contribution in [3.63, 3.8) is 0 Å². The van der Waals surface area contributed by atoms with E-state index >= 15 is 0 Å². The number of fused-ring (bicyclic) bond motifs is 1. The largest absolute Gasteiger partial charge is 0.368 e. The summed E-state index contributed by atoms with van der Waals surface area (Å²) in [7, 11) is 0. The molecule has 0 bridgehead atoms. The van der Waals surface area contributed by atoms with E-state index < -0.39 is 0 Å². The van der Waals surface area contributed by atoms with Crippen molar-refractivity contribution >= 4 is 17.3 Å². The van der Waals surface area contributed by atoms with Gasteiger partial charge in [0.05, 0.1) is 11.4 Å². The van der Waals surface area contributed by atoms with Gasteiger partial charge in [0, 0.05) is 19.1 Å². The van der Waals surface area contributed by atoms with Crippen molar-refractivity contribution in [3.8, 4) is 0 Å². The zero-order chi connectivity index (χ0) is 12.7. The summed E-state index contributed by atoms with van der Waals surface area (Å²) in [5.41, 5.74) is 7.83. The van der Waals surface area contributed by atoms with Gasteiger partial charge in [-0.3, -0.25) is 4.79 Å². The van der Waals surface area contributed by atoms with Crippen LogP contribution in [0.15, 0.2) is 24.3 Å². The molecule has 0 unspecified atom stereocenters. The number of hydrogen-bond acceptors (Lipinski definition) is 3. The monoisotopic (exact) mass is 245 g/mol. The Labute approximate surface area is 107 Å². The highest BCUT2D eigenvalue weighted by Crippen LogP contribution is 2.40. The summed E-state index contributed by atoms with van der Waals surface area (Å²) in [6.07, 6.45) is 2.58. The van der Waals surface area contributed by atoms with Crippen molar-refractivity contribution in [1.82, 2.24) is 0 Å². The zero-order valence-corrected chi connectivity index (χ0v) is 10.7. The molecule has 2 N–H and O–H groups in total. The van der Waals surface area contributed by atoms with Gasteiger partial charge >= 0.3 is 0 Å². The molecule has 1 aliphatic heterocycles. The van der Waals surface area contributed by atoms with Gasteiger partial charge in [-0.15, -0.1) is 0 Å². The number of primary amides is 1. The number of benzene rings is 1. The van der Waals surface area contributed by atoms with E-state index in [1.165, 1.54) is 18.5 Å². The molecule has 1 aliphatic carbocycles. The van der Waals surface area contributed by atoms with Crippen LogP contribution in [0.3, 0.4) is 0 Å².